The van der Waals surface area contributed by atoms with Crippen LogP contribution in [0.1, 0.15) is 0 Å². The number of morpholine rings is 1. The predicted molar refractivity (Wildman–Crippen MR) is 139 cm³/mol. The molecule has 0 radical (unpaired) electrons. The molecule has 0 amide bonds. The standard InChI is InChI=1S/C24H29N9OS/c1-2-5-25-20(3-1)31-8-10-32(11-9-31)24-28-22(26-6-7-30-12-14-34-15-13-30)21-23(29-24)33(18-27-21)19-4-16-35-17-19/h1-5,16-18H,6-15H2,(H,26,28,29). The van der Waals surface area contributed by atoms with Crippen LogP contribution in [-0.4, -0.2) is 95.0 Å². The molecule has 2 aliphatic heterocycles. The second kappa shape index (κ2) is 10.1. The van der Waals surface area contributed by atoms with Gasteiger partial charge < -0.3 is 19.9 Å². The van der Waals surface area contributed by atoms with Crippen molar-refractivity contribution in [3.05, 3.63) is 47.5 Å². The van der Waals surface area contributed by atoms with Crippen LogP contribution in [0.3, 0.4) is 0 Å². The Labute approximate surface area is 208 Å². The van der Waals surface area contributed by atoms with Gasteiger partial charge in [0.25, 0.3) is 0 Å². The first-order chi connectivity index (χ1) is 17.3. The van der Waals surface area contributed by atoms with Gasteiger partial charge in [-0.2, -0.15) is 21.3 Å². The van der Waals surface area contributed by atoms with Crippen LogP contribution in [0, 0.1) is 0 Å². The van der Waals surface area contributed by atoms with Crippen molar-refractivity contribution < 1.29 is 4.74 Å². The number of nitrogens with zero attached hydrogens (tertiary/aromatic N) is 8. The van der Waals surface area contributed by atoms with Crippen LogP contribution >= 0.6 is 11.3 Å². The van der Waals surface area contributed by atoms with Crippen LogP contribution in [0.2, 0.25) is 0 Å². The maximum absolute atomic E-state index is 5.47. The van der Waals surface area contributed by atoms with Gasteiger partial charge in [-0.1, -0.05) is 6.07 Å². The fourth-order valence-corrected chi connectivity index (χ4v) is 5.20. The summed E-state index contributed by atoms with van der Waals surface area (Å²) in [4.78, 5) is 26.1. The largest absolute Gasteiger partial charge is 0.379 e. The summed E-state index contributed by atoms with van der Waals surface area (Å²) in [6.07, 6.45) is 3.69. The first-order valence-electron chi connectivity index (χ1n) is 12.1. The van der Waals surface area contributed by atoms with E-state index in [9.17, 15) is 0 Å². The minimum atomic E-state index is 0.740. The third-order valence-electron chi connectivity index (χ3n) is 6.53. The molecular formula is C24H29N9OS. The molecule has 2 aliphatic rings. The van der Waals surface area contributed by atoms with E-state index in [0.29, 0.717) is 0 Å². The van der Waals surface area contributed by atoms with Crippen molar-refractivity contribution in [2.24, 2.45) is 0 Å². The van der Waals surface area contributed by atoms with E-state index in [4.69, 9.17) is 14.7 Å². The van der Waals surface area contributed by atoms with Gasteiger partial charge in [0.15, 0.2) is 17.0 Å². The molecule has 6 heterocycles. The molecule has 0 saturated carbocycles. The highest BCUT2D eigenvalue weighted by molar-refractivity contribution is 7.08. The molecule has 2 fully saturated rings. The summed E-state index contributed by atoms with van der Waals surface area (Å²) in [6, 6.07) is 8.14. The van der Waals surface area contributed by atoms with Crippen molar-refractivity contribution in [3.63, 3.8) is 0 Å². The maximum Gasteiger partial charge on any atom is 0.229 e. The van der Waals surface area contributed by atoms with Crippen molar-refractivity contribution in [2.75, 3.05) is 80.7 Å². The molecule has 6 rings (SSSR count). The molecule has 0 bridgehead atoms. The Morgan fingerprint density at radius 2 is 1.80 bits per heavy atom. The lowest BCUT2D eigenvalue weighted by Gasteiger charge is -2.35. The van der Waals surface area contributed by atoms with E-state index in [0.717, 1.165) is 100 Å². The van der Waals surface area contributed by atoms with E-state index >= 15 is 0 Å². The van der Waals surface area contributed by atoms with E-state index < -0.39 is 0 Å². The zero-order chi connectivity index (χ0) is 23.5. The molecule has 0 unspecified atom stereocenters. The molecule has 0 aromatic carbocycles. The lowest BCUT2D eigenvalue weighted by molar-refractivity contribution is 0.0398. The van der Waals surface area contributed by atoms with Gasteiger partial charge in [0.05, 0.1) is 18.9 Å². The highest BCUT2D eigenvalue weighted by Crippen LogP contribution is 2.26. The lowest BCUT2D eigenvalue weighted by Crippen LogP contribution is -2.47. The molecule has 1 N–H and O–H groups in total. The van der Waals surface area contributed by atoms with Crippen LogP contribution in [0.4, 0.5) is 17.6 Å². The van der Waals surface area contributed by atoms with Crippen molar-refractivity contribution in [3.8, 4) is 5.69 Å². The van der Waals surface area contributed by atoms with Gasteiger partial charge in [0.1, 0.15) is 12.1 Å². The molecular weight excluding hydrogens is 462 g/mol. The van der Waals surface area contributed by atoms with Gasteiger partial charge in [-0.15, -0.1) is 0 Å². The Bertz CT molecular complexity index is 1230. The Morgan fingerprint density at radius 1 is 0.943 bits per heavy atom. The number of aromatic nitrogens is 5. The topological polar surface area (TPSA) is 87.5 Å². The summed E-state index contributed by atoms with van der Waals surface area (Å²) in [5.74, 6) is 2.55. The molecule has 4 aromatic heterocycles. The smallest absolute Gasteiger partial charge is 0.229 e. The van der Waals surface area contributed by atoms with Gasteiger partial charge in [0.2, 0.25) is 5.95 Å². The molecule has 11 heteroatoms. The van der Waals surface area contributed by atoms with Crippen molar-refractivity contribution in [1.29, 1.82) is 0 Å². The number of fused-ring (bicyclic) bond motifs is 1. The third-order valence-corrected chi connectivity index (χ3v) is 7.20. The Balaban J connectivity index is 1.25. The van der Waals surface area contributed by atoms with E-state index in [1.807, 2.05) is 29.2 Å². The van der Waals surface area contributed by atoms with Gasteiger partial charge in [-0.25, -0.2) is 9.97 Å². The van der Waals surface area contributed by atoms with Crippen LogP contribution in [-0.2, 0) is 4.74 Å². The molecule has 4 aromatic rings. The summed E-state index contributed by atoms with van der Waals surface area (Å²) in [5, 5.41) is 7.74. The highest BCUT2D eigenvalue weighted by Gasteiger charge is 2.23. The van der Waals surface area contributed by atoms with Crippen LogP contribution < -0.4 is 15.1 Å². The summed E-state index contributed by atoms with van der Waals surface area (Å²) in [6.45, 7) is 8.71. The fourth-order valence-electron chi connectivity index (χ4n) is 4.57. The second-order valence-electron chi connectivity index (χ2n) is 8.68. The van der Waals surface area contributed by atoms with Crippen molar-refractivity contribution in [2.45, 2.75) is 0 Å². The first-order valence-corrected chi connectivity index (χ1v) is 13.0. The summed E-state index contributed by atoms with van der Waals surface area (Å²) in [5.41, 5.74) is 2.70. The van der Waals surface area contributed by atoms with E-state index in [-0.39, 0.29) is 0 Å². The minimum Gasteiger partial charge on any atom is -0.379 e. The third kappa shape index (κ3) is 4.79. The average molecular weight is 492 g/mol. The number of piperazine rings is 1. The van der Waals surface area contributed by atoms with E-state index in [1.54, 1.807) is 11.3 Å². The van der Waals surface area contributed by atoms with Gasteiger partial charge in [-0.05, 0) is 23.6 Å². The van der Waals surface area contributed by atoms with Crippen LogP contribution in [0.15, 0.2) is 47.5 Å². The molecule has 2 saturated heterocycles. The summed E-state index contributed by atoms with van der Waals surface area (Å²) >= 11 is 1.67. The fraction of sp³-hybridized carbons (Fsp3) is 0.417. The van der Waals surface area contributed by atoms with Crippen molar-refractivity contribution >= 4 is 40.1 Å². The van der Waals surface area contributed by atoms with Gasteiger partial charge >= 0.3 is 0 Å². The summed E-state index contributed by atoms with van der Waals surface area (Å²) in [7, 11) is 0. The molecule has 0 aliphatic carbocycles. The lowest BCUT2D eigenvalue weighted by atomic mass is 10.3. The number of thiophene rings is 1. The Morgan fingerprint density at radius 3 is 2.57 bits per heavy atom. The number of hydrogen-bond acceptors (Lipinski definition) is 10. The number of hydrogen-bond donors (Lipinski definition) is 1. The Hall–Kier alpha value is -3.28. The maximum atomic E-state index is 5.47. The predicted octanol–water partition coefficient (Wildman–Crippen LogP) is 2.34. The molecule has 10 nitrogen and oxygen atoms in total. The molecule has 182 valence electrons. The molecule has 0 atom stereocenters. The van der Waals surface area contributed by atoms with E-state index in [1.165, 1.54) is 0 Å². The monoisotopic (exact) mass is 491 g/mol. The van der Waals surface area contributed by atoms with E-state index in [2.05, 4.69) is 52.9 Å². The quantitative estimate of drug-likeness (QED) is 0.419. The number of imidazole rings is 1. The number of ether oxygens (including phenoxy) is 1. The van der Waals surface area contributed by atoms with Crippen molar-refractivity contribution in [1.82, 2.24) is 29.4 Å². The molecule has 0 spiro atoms. The first kappa shape index (κ1) is 22.2. The second-order valence-corrected chi connectivity index (χ2v) is 9.46. The normalized spacial score (nSPS) is 17.3. The Kier molecular flexibility index (Phi) is 6.43. The molecule has 35 heavy (non-hydrogen) atoms. The SMILES string of the molecule is c1ccc(N2CCN(c3nc(NCCN4CCOCC4)c4ncn(-c5ccsc5)c4n3)CC2)nc1. The van der Waals surface area contributed by atoms with Crippen LogP contribution in [0.5, 0.6) is 0 Å². The highest BCUT2D eigenvalue weighted by atomic mass is 32.1. The number of rotatable bonds is 7. The zero-order valence-electron chi connectivity index (χ0n) is 19.6. The van der Waals surface area contributed by atoms with Crippen LogP contribution in [0.25, 0.3) is 16.9 Å². The number of anilines is 3. The summed E-state index contributed by atoms with van der Waals surface area (Å²) < 4.78 is 7.52. The average Bonchev–Trinajstić information content (AvgIpc) is 3.60. The number of nitrogens with one attached hydrogen (secondary N) is 1. The van der Waals surface area contributed by atoms with Gasteiger partial charge in [0, 0.05) is 63.9 Å². The van der Waals surface area contributed by atoms with Gasteiger partial charge in [-0.3, -0.25) is 9.47 Å². The zero-order valence-corrected chi connectivity index (χ0v) is 20.4. The minimum absolute atomic E-state index is 0.740. The number of pyridine rings is 1.